The van der Waals surface area contributed by atoms with E-state index in [0.717, 1.165) is 11.1 Å². The molecule has 2 atom stereocenters. The molecule has 0 amide bonds. The van der Waals surface area contributed by atoms with E-state index >= 15 is 0 Å². The summed E-state index contributed by atoms with van der Waals surface area (Å²) in [4.78, 5) is 0. The zero-order valence-corrected chi connectivity index (χ0v) is 13.2. The Morgan fingerprint density at radius 1 is 1.10 bits per heavy atom. The zero-order valence-electron chi connectivity index (χ0n) is 12.4. The molecule has 1 aromatic carbocycles. The van der Waals surface area contributed by atoms with Gasteiger partial charge in [0.1, 0.15) is 0 Å². The van der Waals surface area contributed by atoms with Crippen LogP contribution in [-0.2, 0) is 31.8 Å². The summed E-state index contributed by atoms with van der Waals surface area (Å²) in [7, 11) is -0.241. The molecule has 1 aliphatic rings. The Hall–Kier alpha value is -0.990. The lowest BCUT2D eigenvalue weighted by Gasteiger charge is -2.16. The molecule has 1 aliphatic heterocycles. The van der Waals surface area contributed by atoms with Crippen LogP contribution in [0, 0.1) is 0 Å². The van der Waals surface area contributed by atoms with Gasteiger partial charge in [0.2, 0.25) is 10.0 Å². The Kier molecular flexibility index (Phi) is 5.34. The van der Waals surface area contributed by atoms with E-state index in [2.05, 4.69) is 0 Å². The maximum absolute atomic E-state index is 12.5. The monoisotopic (exact) mass is 314 g/mol. The van der Waals surface area contributed by atoms with Crippen LogP contribution in [0.5, 0.6) is 0 Å². The number of nitrogens with zero attached hydrogens (tertiary/aromatic N) is 1. The molecule has 0 aromatic heterocycles. The van der Waals surface area contributed by atoms with E-state index in [0.29, 0.717) is 19.6 Å². The molecule has 2 rings (SSSR count). The highest BCUT2D eigenvalue weighted by molar-refractivity contribution is 7.88. The standard InChI is InChI=1S/C14H22N2O4S/c1-19-13-8-16(9-14(13)20-2)21(17,18)10-12-5-3-11(7-15)4-6-12/h3-6,13-14H,7-10,15H2,1-2H3. The quantitative estimate of drug-likeness (QED) is 0.818. The van der Waals surface area contributed by atoms with Gasteiger partial charge < -0.3 is 15.2 Å². The number of hydrogen-bond acceptors (Lipinski definition) is 5. The zero-order chi connectivity index (χ0) is 15.5. The molecule has 0 radical (unpaired) electrons. The average molecular weight is 314 g/mol. The van der Waals surface area contributed by atoms with Crippen molar-refractivity contribution in [1.29, 1.82) is 0 Å². The molecule has 2 N–H and O–H groups in total. The van der Waals surface area contributed by atoms with Crippen LogP contribution in [0.25, 0.3) is 0 Å². The number of methoxy groups -OCH3 is 2. The van der Waals surface area contributed by atoms with Crippen molar-refractivity contribution in [2.45, 2.75) is 24.5 Å². The molecule has 0 spiro atoms. The highest BCUT2D eigenvalue weighted by Crippen LogP contribution is 2.21. The Balaban J connectivity index is 2.08. The Bertz CT molecular complexity index is 547. The molecule has 2 unspecified atom stereocenters. The lowest BCUT2D eigenvalue weighted by Crippen LogP contribution is -2.31. The third-order valence-electron chi connectivity index (χ3n) is 3.79. The molecule has 7 heteroatoms. The molecule has 1 fully saturated rings. The summed E-state index contributed by atoms with van der Waals surface area (Å²) in [5.41, 5.74) is 7.27. The van der Waals surface area contributed by atoms with E-state index < -0.39 is 10.0 Å². The minimum Gasteiger partial charge on any atom is -0.377 e. The number of ether oxygens (including phenoxy) is 2. The summed E-state index contributed by atoms with van der Waals surface area (Å²) in [5.74, 6) is -0.0231. The fraction of sp³-hybridized carbons (Fsp3) is 0.571. The van der Waals surface area contributed by atoms with Gasteiger partial charge in [-0.15, -0.1) is 0 Å². The van der Waals surface area contributed by atoms with E-state index in [1.54, 1.807) is 26.4 Å². The topological polar surface area (TPSA) is 81.9 Å². The third-order valence-corrected chi connectivity index (χ3v) is 5.57. The van der Waals surface area contributed by atoms with Crippen molar-refractivity contribution < 1.29 is 17.9 Å². The van der Waals surface area contributed by atoms with E-state index in [4.69, 9.17) is 15.2 Å². The average Bonchev–Trinajstić information content (AvgIpc) is 2.92. The van der Waals surface area contributed by atoms with Gasteiger partial charge in [-0.1, -0.05) is 24.3 Å². The van der Waals surface area contributed by atoms with Crippen LogP contribution in [0.15, 0.2) is 24.3 Å². The number of hydrogen-bond donors (Lipinski definition) is 1. The van der Waals surface area contributed by atoms with Crippen molar-refractivity contribution in [2.24, 2.45) is 5.73 Å². The molecular formula is C14H22N2O4S. The molecule has 21 heavy (non-hydrogen) atoms. The smallest absolute Gasteiger partial charge is 0.218 e. The van der Waals surface area contributed by atoms with Gasteiger partial charge in [-0.2, -0.15) is 4.31 Å². The Morgan fingerprint density at radius 2 is 1.57 bits per heavy atom. The minimum absolute atomic E-state index is 0.0231. The largest absolute Gasteiger partial charge is 0.377 e. The van der Waals surface area contributed by atoms with Crippen LogP contribution >= 0.6 is 0 Å². The van der Waals surface area contributed by atoms with Crippen LogP contribution in [0.1, 0.15) is 11.1 Å². The number of sulfonamides is 1. The van der Waals surface area contributed by atoms with Gasteiger partial charge >= 0.3 is 0 Å². The van der Waals surface area contributed by atoms with Crippen molar-refractivity contribution in [3.63, 3.8) is 0 Å². The second kappa shape index (κ2) is 6.85. The number of benzene rings is 1. The third kappa shape index (κ3) is 3.81. The molecule has 1 saturated heterocycles. The second-order valence-corrected chi connectivity index (χ2v) is 7.11. The van der Waals surface area contributed by atoms with E-state index in [-0.39, 0.29) is 18.0 Å². The predicted molar refractivity (Wildman–Crippen MR) is 80.1 cm³/mol. The van der Waals surface area contributed by atoms with Gasteiger partial charge in [-0.25, -0.2) is 8.42 Å². The molecule has 0 aliphatic carbocycles. The van der Waals surface area contributed by atoms with Gasteiger partial charge in [-0.3, -0.25) is 0 Å². The summed E-state index contributed by atoms with van der Waals surface area (Å²) in [5, 5.41) is 0. The van der Waals surface area contributed by atoms with Crippen molar-refractivity contribution >= 4 is 10.0 Å². The highest BCUT2D eigenvalue weighted by Gasteiger charge is 2.38. The van der Waals surface area contributed by atoms with E-state index in [1.165, 1.54) is 4.31 Å². The van der Waals surface area contributed by atoms with Gasteiger partial charge in [-0.05, 0) is 11.1 Å². The van der Waals surface area contributed by atoms with Gasteiger partial charge in [0, 0.05) is 33.9 Å². The van der Waals surface area contributed by atoms with Crippen molar-refractivity contribution in [3.8, 4) is 0 Å². The van der Waals surface area contributed by atoms with Crippen LogP contribution < -0.4 is 5.73 Å². The number of nitrogens with two attached hydrogens (primary N) is 1. The molecule has 1 aromatic rings. The molecule has 1 heterocycles. The summed E-state index contributed by atoms with van der Waals surface area (Å²) < 4.78 is 36.9. The lowest BCUT2D eigenvalue weighted by molar-refractivity contribution is -0.00461. The summed E-state index contributed by atoms with van der Waals surface area (Å²) >= 11 is 0. The number of rotatable bonds is 6. The Morgan fingerprint density at radius 3 is 2.00 bits per heavy atom. The summed E-state index contributed by atoms with van der Waals surface area (Å²) in [6.45, 7) is 1.11. The first kappa shape index (κ1) is 16.4. The van der Waals surface area contributed by atoms with E-state index in [9.17, 15) is 8.42 Å². The SMILES string of the molecule is COC1CN(S(=O)(=O)Cc2ccc(CN)cc2)CC1OC. The molecule has 6 nitrogen and oxygen atoms in total. The maximum Gasteiger partial charge on any atom is 0.218 e. The molecule has 0 saturated carbocycles. The minimum atomic E-state index is -3.38. The fourth-order valence-corrected chi connectivity index (χ4v) is 4.01. The second-order valence-electron chi connectivity index (χ2n) is 5.14. The van der Waals surface area contributed by atoms with Crippen molar-refractivity contribution in [3.05, 3.63) is 35.4 Å². The van der Waals surface area contributed by atoms with Crippen LogP contribution in [-0.4, -0.2) is 52.2 Å². The lowest BCUT2D eigenvalue weighted by atomic mass is 10.1. The van der Waals surface area contributed by atoms with Gasteiger partial charge in [0.15, 0.2) is 0 Å². The van der Waals surface area contributed by atoms with Crippen molar-refractivity contribution in [1.82, 2.24) is 4.31 Å². The highest BCUT2D eigenvalue weighted by atomic mass is 32.2. The predicted octanol–water partition coefficient (Wildman–Crippen LogP) is 0.321. The first-order valence-electron chi connectivity index (χ1n) is 6.81. The molecule has 118 valence electrons. The van der Waals surface area contributed by atoms with Crippen LogP contribution in [0.4, 0.5) is 0 Å². The first-order chi connectivity index (χ1) is 10.00. The van der Waals surface area contributed by atoms with Gasteiger partial charge in [0.05, 0.1) is 18.0 Å². The fourth-order valence-electron chi connectivity index (χ4n) is 2.46. The maximum atomic E-state index is 12.5. The first-order valence-corrected chi connectivity index (χ1v) is 8.42. The van der Waals surface area contributed by atoms with E-state index in [1.807, 2.05) is 12.1 Å². The van der Waals surface area contributed by atoms with Gasteiger partial charge in [0.25, 0.3) is 0 Å². The molecule has 0 bridgehead atoms. The van der Waals surface area contributed by atoms with Crippen LogP contribution in [0.2, 0.25) is 0 Å². The van der Waals surface area contributed by atoms with Crippen molar-refractivity contribution in [2.75, 3.05) is 27.3 Å². The summed E-state index contributed by atoms with van der Waals surface area (Å²) in [6.07, 6.45) is -0.436. The van der Waals surface area contributed by atoms with Crippen LogP contribution in [0.3, 0.4) is 0 Å². The normalized spacial score (nSPS) is 23.6. The molecular weight excluding hydrogens is 292 g/mol. The summed E-state index contributed by atoms with van der Waals surface area (Å²) in [6, 6.07) is 7.31. The Labute approximate surface area is 125 Å².